The summed E-state index contributed by atoms with van der Waals surface area (Å²) in [6, 6.07) is 0. The van der Waals surface area contributed by atoms with Crippen LogP contribution >= 0.6 is 15.6 Å². The van der Waals surface area contributed by atoms with Gasteiger partial charge in [0.25, 0.3) is 0 Å². The van der Waals surface area contributed by atoms with E-state index in [0.29, 0.717) is 25.7 Å². The highest BCUT2D eigenvalue weighted by molar-refractivity contribution is 7.47. The fraction of sp³-hybridized carbons (Fsp3) is 0.932. The zero-order valence-electron chi connectivity index (χ0n) is 49.8. The van der Waals surface area contributed by atoms with Crippen molar-refractivity contribution in [1.29, 1.82) is 0 Å². The number of hydrogen-bond acceptors (Lipinski definition) is 15. The van der Waals surface area contributed by atoms with Crippen molar-refractivity contribution < 1.29 is 80.2 Å². The van der Waals surface area contributed by atoms with Crippen LogP contribution in [0.2, 0.25) is 0 Å². The first kappa shape index (κ1) is 76.1. The highest BCUT2D eigenvalue weighted by Crippen LogP contribution is 2.45. The minimum Gasteiger partial charge on any atom is -0.462 e. The topological polar surface area (TPSA) is 237 Å². The third-order valence-electron chi connectivity index (χ3n) is 13.5. The fourth-order valence-electron chi connectivity index (χ4n) is 8.70. The highest BCUT2D eigenvalue weighted by Gasteiger charge is 2.30. The number of phosphoric acid groups is 2. The predicted octanol–water partition coefficient (Wildman–Crippen LogP) is 15.8. The van der Waals surface area contributed by atoms with Crippen molar-refractivity contribution in [3.05, 3.63) is 0 Å². The third kappa shape index (κ3) is 53.4. The van der Waals surface area contributed by atoms with Crippen LogP contribution in [-0.2, 0) is 65.4 Å². The predicted molar refractivity (Wildman–Crippen MR) is 308 cm³/mol. The Morgan fingerprint density at radius 2 is 0.590 bits per heavy atom. The Labute approximate surface area is 473 Å². The number of aliphatic hydroxyl groups excluding tert-OH is 1. The van der Waals surface area contributed by atoms with Crippen LogP contribution in [0.3, 0.4) is 0 Å². The molecule has 0 radical (unpaired) electrons. The molecule has 0 aliphatic carbocycles. The summed E-state index contributed by atoms with van der Waals surface area (Å²) in [6.07, 6.45) is 35.1. The molecule has 19 heteroatoms. The van der Waals surface area contributed by atoms with Crippen LogP contribution in [0.1, 0.15) is 291 Å². The molecule has 5 atom stereocenters. The van der Waals surface area contributed by atoms with Gasteiger partial charge in [-0.15, -0.1) is 0 Å². The molecule has 462 valence electrons. The molecule has 0 aromatic rings. The number of carbonyl (C=O) groups is 4. The fourth-order valence-corrected chi connectivity index (χ4v) is 10.3. The van der Waals surface area contributed by atoms with E-state index in [-0.39, 0.29) is 25.7 Å². The number of hydrogen-bond donors (Lipinski definition) is 3. The second-order valence-electron chi connectivity index (χ2n) is 21.9. The Morgan fingerprint density at radius 3 is 0.872 bits per heavy atom. The summed E-state index contributed by atoms with van der Waals surface area (Å²) in [5.41, 5.74) is 0. The molecule has 0 aliphatic heterocycles. The van der Waals surface area contributed by atoms with Gasteiger partial charge in [0.05, 0.1) is 26.4 Å². The van der Waals surface area contributed by atoms with Crippen LogP contribution in [0.4, 0.5) is 0 Å². The summed E-state index contributed by atoms with van der Waals surface area (Å²) in [4.78, 5) is 71.7. The maximum absolute atomic E-state index is 12.9. The minimum atomic E-state index is -4.94. The molecule has 2 unspecified atom stereocenters. The van der Waals surface area contributed by atoms with E-state index in [4.69, 9.17) is 37.0 Å². The SMILES string of the molecule is CCCCCCCCCCCCCC(=O)OC[C@H](COP(=O)(O)OC[C@@H](O)COP(=O)(O)OC[C@@H](COC(=O)CCCCCCC)OC(=O)CCCCCCCCCCCCC)OC(=O)CCCCCCCCCCC(C)C. The summed E-state index contributed by atoms with van der Waals surface area (Å²) in [5, 5.41) is 10.5. The van der Waals surface area contributed by atoms with Crippen molar-refractivity contribution in [2.45, 2.75) is 310 Å². The van der Waals surface area contributed by atoms with Crippen molar-refractivity contribution >= 4 is 39.5 Å². The first-order valence-corrected chi connectivity index (χ1v) is 34.1. The Bertz CT molecular complexity index is 1530. The Hall–Kier alpha value is -1.94. The lowest BCUT2D eigenvalue weighted by Crippen LogP contribution is -2.30. The molecule has 3 N–H and O–H groups in total. The summed E-state index contributed by atoms with van der Waals surface area (Å²) in [6.45, 7) is 7.02. The first-order valence-electron chi connectivity index (χ1n) is 31.1. The summed E-state index contributed by atoms with van der Waals surface area (Å²) >= 11 is 0. The van der Waals surface area contributed by atoms with Crippen molar-refractivity contribution in [3.8, 4) is 0 Å². The molecule has 0 bridgehead atoms. The average molecular weight is 1160 g/mol. The van der Waals surface area contributed by atoms with Crippen molar-refractivity contribution in [2.24, 2.45) is 5.92 Å². The summed E-state index contributed by atoms with van der Waals surface area (Å²) in [7, 11) is -9.87. The zero-order chi connectivity index (χ0) is 57.8. The quantitative estimate of drug-likeness (QED) is 0.0222. The Morgan fingerprint density at radius 1 is 0.346 bits per heavy atom. The molecule has 0 fully saturated rings. The Kier molecular flexibility index (Phi) is 51.8. The van der Waals surface area contributed by atoms with E-state index >= 15 is 0 Å². The molecule has 0 heterocycles. The third-order valence-corrected chi connectivity index (χ3v) is 15.4. The normalized spacial score (nSPS) is 14.4. The number of unbranched alkanes of at least 4 members (excludes halogenated alkanes) is 31. The van der Waals surface area contributed by atoms with E-state index in [0.717, 1.165) is 102 Å². The second-order valence-corrected chi connectivity index (χ2v) is 24.8. The average Bonchev–Trinajstić information content (AvgIpc) is 3.40. The molecular formula is C59H114O17P2. The van der Waals surface area contributed by atoms with Gasteiger partial charge in [-0.2, -0.15) is 0 Å². The smallest absolute Gasteiger partial charge is 0.462 e. The maximum Gasteiger partial charge on any atom is 0.472 e. The minimum absolute atomic E-state index is 0.105. The number of carbonyl (C=O) groups excluding carboxylic acids is 4. The number of aliphatic hydroxyl groups is 1. The van der Waals surface area contributed by atoms with Gasteiger partial charge in [-0.3, -0.25) is 37.3 Å². The van der Waals surface area contributed by atoms with E-state index in [1.54, 1.807) is 0 Å². The van der Waals surface area contributed by atoms with Crippen molar-refractivity contribution in [2.75, 3.05) is 39.6 Å². The van der Waals surface area contributed by atoms with Gasteiger partial charge in [0.15, 0.2) is 12.2 Å². The highest BCUT2D eigenvalue weighted by atomic mass is 31.2. The zero-order valence-corrected chi connectivity index (χ0v) is 51.6. The van der Waals surface area contributed by atoms with Crippen LogP contribution in [-0.4, -0.2) is 96.7 Å². The monoisotopic (exact) mass is 1160 g/mol. The van der Waals surface area contributed by atoms with Crippen LogP contribution in [0.15, 0.2) is 0 Å². The molecule has 17 nitrogen and oxygen atoms in total. The van der Waals surface area contributed by atoms with Gasteiger partial charge in [-0.25, -0.2) is 9.13 Å². The largest absolute Gasteiger partial charge is 0.472 e. The number of phosphoric ester groups is 2. The van der Waals surface area contributed by atoms with Crippen LogP contribution in [0.25, 0.3) is 0 Å². The summed E-state index contributed by atoms with van der Waals surface area (Å²) in [5.74, 6) is -1.43. The molecular weight excluding hydrogens is 1040 g/mol. The van der Waals surface area contributed by atoms with E-state index in [2.05, 4.69) is 34.6 Å². The van der Waals surface area contributed by atoms with Gasteiger partial charge in [-0.05, 0) is 31.6 Å². The molecule has 0 rings (SSSR count). The standard InChI is InChI=1S/C59H114O17P2/c1-6-9-12-15-17-19-21-23-28-33-38-43-57(62)70-49-55(76-59(64)45-40-35-30-26-25-27-32-36-41-52(4)5)51-74-78(67,68)72-47-53(60)46-71-77(65,66)73-50-54(48-69-56(61)42-37-31-14-11-8-3)75-58(63)44-39-34-29-24-22-20-18-16-13-10-7-2/h52-55,60H,6-51H2,1-5H3,(H,65,66)(H,67,68)/t53-,54+,55+/m0/s1. The molecule has 0 aliphatic rings. The van der Waals surface area contributed by atoms with E-state index in [1.807, 2.05) is 0 Å². The first-order chi connectivity index (χ1) is 37.5. The molecule has 78 heavy (non-hydrogen) atoms. The van der Waals surface area contributed by atoms with Gasteiger partial charge in [0, 0.05) is 25.7 Å². The molecule has 0 amide bonds. The lowest BCUT2D eigenvalue weighted by Gasteiger charge is -2.21. The lowest BCUT2D eigenvalue weighted by molar-refractivity contribution is -0.161. The molecule has 0 saturated heterocycles. The molecule has 0 aromatic carbocycles. The molecule has 0 spiro atoms. The van der Waals surface area contributed by atoms with Crippen LogP contribution in [0.5, 0.6) is 0 Å². The van der Waals surface area contributed by atoms with E-state index < -0.39 is 97.5 Å². The number of esters is 4. The van der Waals surface area contributed by atoms with Crippen LogP contribution in [0, 0.1) is 5.92 Å². The van der Waals surface area contributed by atoms with Gasteiger partial charge < -0.3 is 33.8 Å². The maximum atomic E-state index is 12.9. The van der Waals surface area contributed by atoms with Gasteiger partial charge in [-0.1, -0.05) is 240 Å². The second kappa shape index (κ2) is 53.1. The number of ether oxygens (including phenoxy) is 4. The molecule has 0 aromatic heterocycles. The van der Waals surface area contributed by atoms with Gasteiger partial charge >= 0.3 is 39.5 Å². The van der Waals surface area contributed by atoms with E-state index in [9.17, 15) is 43.2 Å². The van der Waals surface area contributed by atoms with Gasteiger partial charge in [0.1, 0.15) is 19.3 Å². The summed E-state index contributed by atoms with van der Waals surface area (Å²) < 4.78 is 67.6. The Balaban J connectivity index is 5.18. The molecule has 0 saturated carbocycles. The van der Waals surface area contributed by atoms with E-state index in [1.165, 1.54) is 109 Å². The van der Waals surface area contributed by atoms with Gasteiger partial charge in [0.2, 0.25) is 0 Å². The van der Waals surface area contributed by atoms with Crippen molar-refractivity contribution in [3.63, 3.8) is 0 Å². The van der Waals surface area contributed by atoms with Crippen molar-refractivity contribution in [1.82, 2.24) is 0 Å². The van der Waals surface area contributed by atoms with Crippen LogP contribution < -0.4 is 0 Å². The lowest BCUT2D eigenvalue weighted by atomic mass is 10.0. The number of rotatable bonds is 59.